The van der Waals surface area contributed by atoms with Crippen molar-refractivity contribution in [3.8, 4) is 11.9 Å². The third-order valence-electron chi connectivity index (χ3n) is 1.28. The van der Waals surface area contributed by atoms with Crippen LogP contribution < -0.4 is 14.6 Å². The molecule has 0 aliphatic heterocycles. The summed E-state index contributed by atoms with van der Waals surface area (Å²) in [5.74, 6) is -1.29. The number of carbonyl (C=O) groups excluding carboxylic acids is 1. The van der Waals surface area contributed by atoms with Crippen LogP contribution in [0.3, 0.4) is 0 Å². The molecule has 0 unspecified atom stereocenters. The monoisotopic (exact) mass is 183 g/mol. The minimum Gasteiger partial charge on any atom is -0.543 e. The average molecular weight is 183 g/mol. The molecule has 0 radical (unpaired) electrons. The van der Waals surface area contributed by atoms with Gasteiger partial charge in [-0.2, -0.15) is 9.97 Å². The second-order valence-electron chi connectivity index (χ2n) is 2.07. The largest absolute Gasteiger partial charge is 0.543 e. The lowest BCUT2D eigenvalue weighted by Crippen LogP contribution is -2.24. The molecule has 0 saturated carbocycles. The van der Waals surface area contributed by atoms with Crippen LogP contribution in [-0.4, -0.2) is 30.2 Å². The smallest absolute Gasteiger partial charge is 0.320 e. The Balaban J connectivity index is 3.14. The highest BCUT2D eigenvalue weighted by Crippen LogP contribution is 2.12. The first-order valence-corrected chi connectivity index (χ1v) is 3.35. The maximum Gasteiger partial charge on any atom is 0.320 e. The molecule has 0 aliphatic carbocycles. The van der Waals surface area contributed by atoms with E-state index in [0.29, 0.717) is 0 Å². The Kier molecular flexibility index (Phi) is 2.63. The van der Waals surface area contributed by atoms with Gasteiger partial charge in [-0.3, -0.25) is 0 Å². The second kappa shape index (κ2) is 3.70. The molecule has 0 amide bonds. The van der Waals surface area contributed by atoms with Gasteiger partial charge in [0.2, 0.25) is 5.88 Å². The highest BCUT2D eigenvalue weighted by molar-refractivity contribution is 5.83. The molecule has 1 rings (SSSR count). The highest BCUT2D eigenvalue weighted by Gasteiger charge is 2.04. The summed E-state index contributed by atoms with van der Waals surface area (Å²) in [5, 5.41) is 10.4. The van der Waals surface area contributed by atoms with Crippen molar-refractivity contribution in [2.45, 2.75) is 0 Å². The maximum atomic E-state index is 10.4. The molecule has 70 valence electrons. The second-order valence-corrected chi connectivity index (χ2v) is 2.07. The molecule has 13 heavy (non-hydrogen) atoms. The van der Waals surface area contributed by atoms with Crippen molar-refractivity contribution < 1.29 is 19.4 Å². The van der Waals surface area contributed by atoms with E-state index >= 15 is 0 Å². The summed E-state index contributed by atoms with van der Waals surface area (Å²) in [7, 11) is 2.69. The Morgan fingerprint density at radius 1 is 1.38 bits per heavy atom. The van der Waals surface area contributed by atoms with Crippen molar-refractivity contribution in [3.63, 3.8) is 0 Å². The third kappa shape index (κ3) is 2.05. The molecule has 0 bridgehead atoms. The Labute approximate surface area is 74.1 Å². The number of hydrogen-bond acceptors (Lipinski definition) is 6. The van der Waals surface area contributed by atoms with Crippen LogP contribution in [-0.2, 0) is 0 Å². The average Bonchev–Trinajstić information content (AvgIpc) is 2.16. The first-order chi connectivity index (χ1) is 6.17. The van der Waals surface area contributed by atoms with E-state index in [9.17, 15) is 9.90 Å². The molecule has 0 aliphatic rings. The van der Waals surface area contributed by atoms with E-state index in [4.69, 9.17) is 4.74 Å². The fourth-order valence-corrected chi connectivity index (χ4v) is 0.704. The van der Waals surface area contributed by atoms with Crippen LogP contribution in [0.4, 0.5) is 0 Å². The molecule has 6 nitrogen and oxygen atoms in total. The van der Waals surface area contributed by atoms with Crippen LogP contribution in [0.5, 0.6) is 11.9 Å². The Bertz CT molecular complexity index is 304. The number of aromatic nitrogens is 2. The van der Waals surface area contributed by atoms with Gasteiger partial charge in [0, 0.05) is 6.07 Å². The van der Waals surface area contributed by atoms with Gasteiger partial charge < -0.3 is 19.4 Å². The zero-order valence-corrected chi connectivity index (χ0v) is 7.10. The number of ether oxygens (including phenoxy) is 2. The van der Waals surface area contributed by atoms with Gasteiger partial charge >= 0.3 is 6.01 Å². The number of carbonyl (C=O) groups is 1. The van der Waals surface area contributed by atoms with E-state index in [1.807, 2.05) is 0 Å². The van der Waals surface area contributed by atoms with Crippen molar-refractivity contribution in [3.05, 3.63) is 11.8 Å². The first kappa shape index (κ1) is 9.24. The van der Waals surface area contributed by atoms with Gasteiger partial charge in [-0.25, -0.2) is 0 Å². The van der Waals surface area contributed by atoms with Gasteiger partial charge in [0.15, 0.2) is 0 Å². The van der Waals surface area contributed by atoms with Crippen molar-refractivity contribution in [1.29, 1.82) is 0 Å². The number of hydrogen-bond donors (Lipinski definition) is 0. The summed E-state index contributed by atoms with van der Waals surface area (Å²) in [4.78, 5) is 17.7. The molecule has 0 N–H and O–H groups in total. The predicted molar refractivity (Wildman–Crippen MR) is 39.5 cm³/mol. The van der Waals surface area contributed by atoms with Gasteiger partial charge in [0.25, 0.3) is 0 Å². The minimum atomic E-state index is -1.40. The molecule has 6 heteroatoms. The van der Waals surface area contributed by atoms with Gasteiger partial charge in [0.1, 0.15) is 0 Å². The number of nitrogens with zero attached hydrogens (tertiary/aromatic N) is 2. The lowest BCUT2D eigenvalue weighted by atomic mass is 10.4. The number of carboxylic acids is 1. The molecular weight excluding hydrogens is 176 g/mol. The molecule has 1 heterocycles. The topological polar surface area (TPSA) is 84.4 Å². The normalized spacial score (nSPS) is 9.38. The molecule has 0 spiro atoms. The van der Waals surface area contributed by atoms with E-state index in [0.717, 1.165) is 6.07 Å². The Hall–Kier alpha value is -1.85. The van der Waals surface area contributed by atoms with E-state index in [1.165, 1.54) is 14.2 Å². The minimum absolute atomic E-state index is 0.0708. The summed E-state index contributed by atoms with van der Waals surface area (Å²) in [6.07, 6.45) is 0. The zero-order valence-electron chi connectivity index (χ0n) is 7.10. The maximum absolute atomic E-state index is 10.4. The lowest BCUT2D eigenvalue weighted by Gasteiger charge is -2.05. The SMILES string of the molecule is COc1cc(C(=O)[O-])nc(OC)n1. The summed E-state index contributed by atoms with van der Waals surface area (Å²) in [6, 6.07) is 1.08. The van der Waals surface area contributed by atoms with Crippen LogP contribution in [0, 0.1) is 0 Å². The summed E-state index contributed by atoms with van der Waals surface area (Å²) >= 11 is 0. The molecular formula is C7H7N2O4-. The Morgan fingerprint density at radius 3 is 2.54 bits per heavy atom. The summed E-state index contributed by atoms with van der Waals surface area (Å²) in [6.45, 7) is 0. The number of carboxylic acid groups (broad SMARTS) is 1. The predicted octanol–water partition coefficient (Wildman–Crippen LogP) is -1.14. The van der Waals surface area contributed by atoms with Crippen molar-refractivity contribution in [2.24, 2.45) is 0 Å². The quantitative estimate of drug-likeness (QED) is 0.588. The first-order valence-electron chi connectivity index (χ1n) is 3.35. The molecule has 1 aromatic heterocycles. The zero-order chi connectivity index (χ0) is 9.84. The standard InChI is InChI=1S/C7H8N2O4/c1-12-5-3-4(6(10)11)8-7(9-5)13-2/h3H,1-2H3,(H,10,11)/p-1. The van der Waals surface area contributed by atoms with Crippen LogP contribution in [0.15, 0.2) is 6.07 Å². The molecule has 0 saturated heterocycles. The fourth-order valence-electron chi connectivity index (χ4n) is 0.704. The van der Waals surface area contributed by atoms with Gasteiger partial charge in [0.05, 0.1) is 25.9 Å². The number of rotatable bonds is 3. The van der Waals surface area contributed by atoms with Crippen LogP contribution in [0.25, 0.3) is 0 Å². The molecule has 1 aromatic rings. The van der Waals surface area contributed by atoms with Gasteiger partial charge in [-0.05, 0) is 0 Å². The lowest BCUT2D eigenvalue weighted by molar-refractivity contribution is -0.255. The summed E-state index contributed by atoms with van der Waals surface area (Å²) in [5.41, 5.74) is -0.274. The van der Waals surface area contributed by atoms with Crippen LogP contribution >= 0.6 is 0 Å². The Morgan fingerprint density at radius 2 is 2.08 bits per heavy atom. The molecule has 0 fully saturated rings. The molecule has 0 atom stereocenters. The van der Waals surface area contributed by atoms with Gasteiger partial charge in [-0.15, -0.1) is 0 Å². The third-order valence-corrected chi connectivity index (χ3v) is 1.28. The molecule has 0 aromatic carbocycles. The van der Waals surface area contributed by atoms with E-state index in [-0.39, 0.29) is 17.6 Å². The van der Waals surface area contributed by atoms with Crippen molar-refractivity contribution in [2.75, 3.05) is 14.2 Å². The van der Waals surface area contributed by atoms with E-state index in [2.05, 4.69) is 14.7 Å². The summed E-state index contributed by atoms with van der Waals surface area (Å²) < 4.78 is 9.38. The van der Waals surface area contributed by atoms with E-state index < -0.39 is 5.97 Å². The fraction of sp³-hybridized carbons (Fsp3) is 0.286. The van der Waals surface area contributed by atoms with Gasteiger partial charge in [-0.1, -0.05) is 0 Å². The van der Waals surface area contributed by atoms with Crippen molar-refractivity contribution in [1.82, 2.24) is 9.97 Å². The number of aromatic carboxylic acids is 1. The van der Waals surface area contributed by atoms with Crippen LogP contribution in [0.2, 0.25) is 0 Å². The number of methoxy groups -OCH3 is 2. The van der Waals surface area contributed by atoms with Crippen molar-refractivity contribution >= 4 is 5.97 Å². The van der Waals surface area contributed by atoms with Crippen LogP contribution in [0.1, 0.15) is 10.5 Å². The van der Waals surface area contributed by atoms with E-state index in [1.54, 1.807) is 0 Å². The highest BCUT2D eigenvalue weighted by atomic mass is 16.5.